The van der Waals surface area contributed by atoms with Gasteiger partial charge in [0.25, 0.3) is 5.91 Å². The molecule has 0 bridgehead atoms. The largest absolute Gasteiger partial charge is 0.387 e. The summed E-state index contributed by atoms with van der Waals surface area (Å²) in [5, 5.41) is 5.97. The fourth-order valence-corrected chi connectivity index (χ4v) is 2.03. The number of carbonyl (C=O) groups excluding carboxylic acids is 1. The zero-order valence-corrected chi connectivity index (χ0v) is 10.6. The van der Waals surface area contributed by atoms with E-state index in [9.17, 15) is 4.79 Å². The van der Waals surface area contributed by atoms with Crippen LogP contribution in [0.25, 0.3) is 0 Å². The molecule has 0 radical (unpaired) electrons. The number of amides is 1. The van der Waals surface area contributed by atoms with Crippen molar-refractivity contribution in [2.24, 2.45) is 11.3 Å². The summed E-state index contributed by atoms with van der Waals surface area (Å²) in [6.45, 7) is 5.21. The molecule has 1 saturated carbocycles. The third-order valence-corrected chi connectivity index (χ3v) is 3.56. The minimum absolute atomic E-state index is 0.0508. The van der Waals surface area contributed by atoms with Crippen molar-refractivity contribution in [1.29, 1.82) is 0 Å². The molecule has 0 aromatic carbocycles. The molecule has 17 heavy (non-hydrogen) atoms. The second-order valence-corrected chi connectivity index (χ2v) is 5.27. The lowest BCUT2D eigenvalue weighted by Crippen LogP contribution is -2.27. The summed E-state index contributed by atoms with van der Waals surface area (Å²) in [6, 6.07) is 1.80. The van der Waals surface area contributed by atoms with Crippen molar-refractivity contribution in [3.8, 4) is 0 Å². The number of carbonyl (C=O) groups is 1. The maximum absolute atomic E-state index is 12.0. The number of rotatable bonds is 4. The lowest BCUT2D eigenvalue weighted by molar-refractivity contribution is 0.0951. The van der Waals surface area contributed by atoms with Crippen LogP contribution in [-0.4, -0.2) is 24.5 Å². The minimum Gasteiger partial charge on any atom is -0.387 e. The van der Waals surface area contributed by atoms with Crippen molar-refractivity contribution in [3.63, 3.8) is 0 Å². The van der Waals surface area contributed by atoms with Crippen LogP contribution in [0, 0.1) is 11.3 Å². The van der Waals surface area contributed by atoms with Gasteiger partial charge < -0.3 is 10.6 Å². The molecule has 0 spiro atoms. The molecule has 2 rings (SSSR count). The van der Waals surface area contributed by atoms with Crippen LogP contribution in [0.1, 0.15) is 30.6 Å². The Morgan fingerprint density at radius 1 is 1.59 bits per heavy atom. The van der Waals surface area contributed by atoms with Gasteiger partial charge in [0.2, 0.25) is 0 Å². The highest BCUT2D eigenvalue weighted by molar-refractivity contribution is 5.99. The van der Waals surface area contributed by atoms with Gasteiger partial charge in [0.1, 0.15) is 0 Å². The van der Waals surface area contributed by atoms with Crippen molar-refractivity contribution in [3.05, 3.63) is 24.0 Å². The van der Waals surface area contributed by atoms with Gasteiger partial charge in [0, 0.05) is 31.7 Å². The van der Waals surface area contributed by atoms with Crippen molar-refractivity contribution in [2.75, 3.05) is 18.9 Å². The van der Waals surface area contributed by atoms with E-state index < -0.39 is 0 Å². The fourth-order valence-electron chi connectivity index (χ4n) is 2.03. The molecule has 4 nitrogen and oxygen atoms in total. The second-order valence-electron chi connectivity index (χ2n) is 5.27. The predicted octanol–water partition coefficient (Wildman–Crippen LogP) is 1.90. The number of nitrogens with zero attached hydrogens (tertiary/aromatic N) is 1. The molecule has 0 saturated heterocycles. The van der Waals surface area contributed by atoms with Gasteiger partial charge in [-0.15, -0.1) is 0 Å². The van der Waals surface area contributed by atoms with Crippen molar-refractivity contribution >= 4 is 11.6 Å². The number of hydrogen-bond donors (Lipinski definition) is 2. The van der Waals surface area contributed by atoms with Crippen LogP contribution in [-0.2, 0) is 0 Å². The van der Waals surface area contributed by atoms with Crippen molar-refractivity contribution < 1.29 is 4.79 Å². The van der Waals surface area contributed by atoms with Crippen LogP contribution in [0.4, 0.5) is 5.69 Å². The van der Waals surface area contributed by atoms with Gasteiger partial charge >= 0.3 is 0 Å². The van der Waals surface area contributed by atoms with Crippen LogP contribution in [0.3, 0.4) is 0 Å². The van der Waals surface area contributed by atoms with Crippen LogP contribution < -0.4 is 10.6 Å². The molecule has 2 N–H and O–H groups in total. The topological polar surface area (TPSA) is 54.0 Å². The molecule has 4 heteroatoms. The zero-order valence-electron chi connectivity index (χ0n) is 10.6. The van der Waals surface area contributed by atoms with E-state index in [1.807, 2.05) is 0 Å². The number of aromatic nitrogens is 1. The summed E-state index contributed by atoms with van der Waals surface area (Å²) < 4.78 is 0. The molecular formula is C13H19N3O. The summed E-state index contributed by atoms with van der Waals surface area (Å²) in [5.41, 5.74) is 1.81. The van der Waals surface area contributed by atoms with Gasteiger partial charge in [-0.25, -0.2) is 0 Å². The highest BCUT2D eigenvalue weighted by atomic mass is 16.1. The van der Waals surface area contributed by atoms with Gasteiger partial charge in [0.05, 0.1) is 5.56 Å². The Morgan fingerprint density at radius 2 is 2.29 bits per heavy atom. The molecule has 1 fully saturated rings. The summed E-state index contributed by atoms with van der Waals surface area (Å²) >= 11 is 0. The molecule has 92 valence electrons. The van der Waals surface area contributed by atoms with Gasteiger partial charge in [0.15, 0.2) is 0 Å². The van der Waals surface area contributed by atoms with Crippen LogP contribution >= 0.6 is 0 Å². The molecule has 1 aromatic heterocycles. The Morgan fingerprint density at radius 3 is 2.88 bits per heavy atom. The van der Waals surface area contributed by atoms with E-state index in [0.717, 1.165) is 12.2 Å². The lowest BCUT2D eigenvalue weighted by atomic mass is 10.1. The summed E-state index contributed by atoms with van der Waals surface area (Å²) in [4.78, 5) is 16.0. The van der Waals surface area contributed by atoms with Crippen molar-refractivity contribution in [2.45, 2.75) is 20.3 Å². The van der Waals surface area contributed by atoms with E-state index in [4.69, 9.17) is 0 Å². The fraction of sp³-hybridized carbons (Fsp3) is 0.538. The Hall–Kier alpha value is -1.58. The highest BCUT2D eigenvalue weighted by Gasteiger charge is 2.45. The Balaban J connectivity index is 1.95. The maximum Gasteiger partial charge on any atom is 0.254 e. The predicted molar refractivity (Wildman–Crippen MR) is 68.0 cm³/mol. The molecule has 1 aliphatic rings. The molecule has 1 aromatic rings. The highest BCUT2D eigenvalue weighted by Crippen LogP contribution is 2.50. The van der Waals surface area contributed by atoms with Crippen LogP contribution in [0.5, 0.6) is 0 Å². The molecule has 1 heterocycles. The molecule has 1 atom stereocenters. The monoisotopic (exact) mass is 233 g/mol. The first kappa shape index (κ1) is 11.9. The van der Waals surface area contributed by atoms with Gasteiger partial charge in [-0.1, -0.05) is 13.8 Å². The van der Waals surface area contributed by atoms with Gasteiger partial charge in [-0.05, 0) is 23.8 Å². The number of pyridine rings is 1. The lowest BCUT2D eigenvalue weighted by Gasteiger charge is -2.09. The average molecular weight is 233 g/mol. The summed E-state index contributed by atoms with van der Waals surface area (Å²) in [6.07, 6.45) is 4.46. The Labute approximate surface area is 102 Å². The van der Waals surface area contributed by atoms with Gasteiger partial charge in [-0.2, -0.15) is 0 Å². The first-order valence-electron chi connectivity index (χ1n) is 5.94. The molecule has 1 unspecified atom stereocenters. The van der Waals surface area contributed by atoms with Crippen molar-refractivity contribution in [1.82, 2.24) is 10.3 Å². The first-order chi connectivity index (χ1) is 8.04. The van der Waals surface area contributed by atoms with E-state index in [1.54, 1.807) is 25.5 Å². The summed E-state index contributed by atoms with van der Waals surface area (Å²) in [7, 11) is 1.80. The SMILES string of the molecule is CNc1ccncc1C(=O)NCC1CC1(C)C. The summed E-state index contributed by atoms with van der Waals surface area (Å²) in [5.74, 6) is 0.561. The number of hydrogen-bond acceptors (Lipinski definition) is 3. The average Bonchev–Trinajstić information content (AvgIpc) is 2.94. The normalized spacial score (nSPS) is 20.8. The molecule has 1 aliphatic carbocycles. The van der Waals surface area contributed by atoms with E-state index in [2.05, 4.69) is 29.5 Å². The minimum atomic E-state index is -0.0508. The van der Waals surface area contributed by atoms with E-state index in [-0.39, 0.29) is 5.91 Å². The molecular weight excluding hydrogens is 214 g/mol. The quantitative estimate of drug-likeness (QED) is 0.835. The third-order valence-electron chi connectivity index (χ3n) is 3.56. The number of nitrogens with one attached hydrogen (secondary N) is 2. The first-order valence-corrected chi connectivity index (χ1v) is 5.94. The van der Waals surface area contributed by atoms with E-state index in [1.165, 1.54) is 6.42 Å². The van der Waals surface area contributed by atoms with Gasteiger partial charge in [-0.3, -0.25) is 9.78 Å². The van der Waals surface area contributed by atoms with Crippen LogP contribution in [0.15, 0.2) is 18.5 Å². The number of anilines is 1. The van der Waals surface area contributed by atoms with E-state index in [0.29, 0.717) is 16.9 Å². The Bertz CT molecular complexity index is 428. The smallest absolute Gasteiger partial charge is 0.254 e. The Kier molecular flexibility index (Phi) is 3.05. The van der Waals surface area contributed by atoms with Crippen LogP contribution in [0.2, 0.25) is 0 Å². The third kappa shape index (κ3) is 2.57. The molecule has 1 amide bonds. The zero-order chi connectivity index (χ0) is 12.5. The second kappa shape index (κ2) is 4.35. The van der Waals surface area contributed by atoms with E-state index >= 15 is 0 Å². The molecule has 0 aliphatic heterocycles. The maximum atomic E-state index is 12.0. The standard InChI is InChI=1S/C13H19N3O/c1-13(2)6-9(13)7-16-12(17)10-8-15-5-4-11(10)14-3/h4-5,8-9H,6-7H2,1-3H3,(H,14,15)(H,16,17).